The van der Waals surface area contributed by atoms with Crippen molar-refractivity contribution in [2.24, 2.45) is 0 Å². The zero-order valence-electron chi connectivity index (χ0n) is 15.9. The summed E-state index contributed by atoms with van der Waals surface area (Å²) >= 11 is 12.7. The first-order valence-corrected chi connectivity index (χ1v) is 11.7. The number of anilines is 1. The molecule has 1 amide bonds. The van der Waals surface area contributed by atoms with Crippen LogP contribution in [0.4, 0.5) is 22.7 Å². The minimum atomic E-state index is -5.04. The fourth-order valence-corrected chi connectivity index (χ4v) is 5.08. The number of ether oxygens (including phenoxy) is 1. The number of thiazole rings is 1. The number of alkyl halides is 3. The Morgan fingerprint density at radius 1 is 1.15 bits per heavy atom. The van der Waals surface area contributed by atoms with E-state index in [1.54, 1.807) is 0 Å². The molecule has 0 aliphatic carbocycles. The lowest BCUT2D eigenvalue weighted by Gasteiger charge is -2.11. The third-order valence-electron chi connectivity index (χ3n) is 3.86. The fourth-order valence-electron chi connectivity index (χ4n) is 2.48. The predicted octanol–water partition coefficient (Wildman–Crippen LogP) is 5.22. The topological polar surface area (TPSA) is 97.4 Å². The van der Waals surface area contributed by atoms with Crippen LogP contribution in [0, 0.1) is 5.82 Å². The Kier molecular flexibility index (Phi) is 7.36. The molecule has 0 aliphatic heterocycles. The lowest BCUT2D eigenvalue weighted by molar-refractivity contribution is -0.275. The van der Waals surface area contributed by atoms with E-state index >= 15 is 0 Å². The number of rotatable bonds is 7. The molecule has 0 radical (unpaired) electrons. The highest BCUT2D eigenvalue weighted by atomic mass is 35.5. The van der Waals surface area contributed by atoms with E-state index in [4.69, 9.17) is 23.2 Å². The minimum absolute atomic E-state index is 0.00580. The van der Waals surface area contributed by atoms with E-state index in [1.807, 2.05) is 0 Å². The van der Waals surface area contributed by atoms with Crippen LogP contribution in [-0.2, 0) is 16.6 Å². The fraction of sp³-hybridized carbons (Fsp3) is 0.111. The quantitative estimate of drug-likeness (QED) is 0.398. The van der Waals surface area contributed by atoms with E-state index in [1.165, 1.54) is 12.3 Å². The maximum atomic E-state index is 13.8. The van der Waals surface area contributed by atoms with E-state index in [-0.39, 0.29) is 37.1 Å². The van der Waals surface area contributed by atoms with E-state index < -0.39 is 33.9 Å². The van der Waals surface area contributed by atoms with Crippen molar-refractivity contribution in [2.75, 3.05) is 4.72 Å². The molecule has 33 heavy (non-hydrogen) atoms. The van der Waals surface area contributed by atoms with Crippen molar-refractivity contribution in [1.29, 1.82) is 0 Å². The number of benzene rings is 2. The molecule has 176 valence electrons. The van der Waals surface area contributed by atoms with Crippen LogP contribution in [0.1, 0.15) is 15.9 Å². The SMILES string of the molecule is O=C(NCc1ccc(OC(F)(F)F)c(F)c1)c1ccc(S(=O)(=O)Nc2ncc(Cl)s2)c(Cl)c1. The highest BCUT2D eigenvalue weighted by Gasteiger charge is 2.32. The molecule has 0 bridgehead atoms. The molecule has 0 saturated carbocycles. The molecule has 3 aromatic rings. The predicted molar refractivity (Wildman–Crippen MR) is 114 cm³/mol. The van der Waals surface area contributed by atoms with Gasteiger partial charge in [-0.05, 0) is 35.9 Å². The monoisotopic (exact) mass is 543 g/mol. The summed E-state index contributed by atoms with van der Waals surface area (Å²) in [6, 6.07) is 6.12. The number of nitrogens with one attached hydrogen (secondary N) is 2. The van der Waals surface area contributed by atoms with Crippen LogP contribution in [0.15, 0.2) is 47.5 Å². The van der Waals surface area contributed by atoms with E-state index in [2.05, 4.69) is 19.8 Å². The summed E-state index contributed by atoms with van der Waals surface area (Å²) in [6.07, 6.45) is -3.78. The normalized spacial score (nSPS) is 11.8. The summed E-state index contributed by atoms with van der Waals surface area (Å²) in [4.78, 5) is 15.8. The third kappa shape index (κ3) is 6.69. The van der Waals surface area contributed by atoms with Crippen molar-refractivity contribution >= 4 is 55.6 Å². The Morgan fingerprint density at radius 2 is 1.88 bits per heavy atom. The minimum Gasteiger partial charge on any atom is -0.403 e. The van der Waals surface area contributed by atoms with Gasteiger partial charge in [-0.2, -0.15) is 0 Å². The average molecular weight is 544 g/mol. The standard InChI is InChI=1S/C18H11Cl2F4N3O4S2/c19-11-6-10(2-4-14(11)33(29,30)27-17-26-8-15(20)32-17)16(28)25-7-9-1-3-13(12(21)5-9)31-18(22,23)24/h1-6,8H,7H2,(H,25,28)(H,26,27). The van der Waals surface area contributed by atoms with Crippen LogP contribution >= 0.6 is 34.5 Å². The summed E-state index contributed by atoms with van der Waals surface area (Å²) in [5.41, 5.74) is 0.153. The first-order chi connectivity index (χ1) is 15.3. The molecule has 15 heteroatoms. The van der Waals surface area contributed by atoms with Gasteiger partial charge in [-0.3, -0.25) is 9.52 Å². The van der Waals surface area contributed by atoms with Crippen molar-refractivity contribution in [3.05, 3.63) is 68.9 Å². The van der Waals surface area contributed by atoms with Crippen LogP contribution in [0.2, 0.25) is 9.36 Å². The van der Waals surface area contributed by atoms with E-state index in [9.17, 15) is 30.8 Å². The van der Waals surface area contributed by atoms with Gasteiger partial charge < -0.3 is 10.1 Å². The Morgan fingerprint density at radius 3 is 2.45 bits per heavy atom. The number of carbonyl (C=O) groups excluding carboxylic acids is 1. The van der Waals surface area contributed by atoms with Crippen LogP contribution in [0.5, 0.6) is 5.75 Å². The lowest BCUT2D eigenvalue weighted by Crippen LogP contribution is -2.23. The summed E-state index contributed by atoms with van der Waals surface area (Å²) in [5, 5.41) is 2.20. The average Bonchev–Trinajstić information content (AvgIpc) is 3.10. The molecule has 1 aromatic heterocycles. The van der Waals surface area contributed by atoms with Gasteiger partial charge in [0.25, 0.3) is 15.9 Å². The molecule has 7 nitrogen and oxygen atoms in total. The van der Waals surface area contributed by atoms with Gasteiger partial charge in [-0.15, -0.1) is 13.2 Å². The molecule has 0 saturated heterocycles. The van der Waals surface area contributed by atoms with Gasteiger partial charge in [0.2, 0.25) is 0 Å². The van der Waals surface area contributed by atoms with Crippen LogP contribution in [0.25, 0.3) is 0 Å². The number of aromatic nitrogens is 1. The molecule has 0 spiro atoms. The zero-order chi connectivity index (χ0) is 24.4. The molecular weight excluding hydrogens is 533 g/mol. The number of amides is 1. The van der Waals surface area contributed by atoms with Gasteiger partial charge in [0, 0.05) is 12.1 Å². The number of halogens is 6. The molecule has 0 aliphatic rings. The van der Waals surface area contributed by atoms with Gasteiger partial charge in [-0.25, -0.2) is 17.8 Å². The summed E-state index contributed by atoms with van der Waals surface area (Å²) < 4.78 is 81.3. The first kappa shape index (κ1) is 25.0. The zero-order valence-corrected chi connectivity index (χ0v) is 19.1. The largest absolute Gasteiger partial charge is 0.573 e. The number of sulfonamides is 1. The maximum absolute atomic E-state index is 13.8. The second kappa shape index (κ2) is 9.71. The third-order valence-corrected chi connectivity index (χ3v) is 6.84. The van der Waals surface area contributed by atoms with Crippen LogP contribution in [-0.4, -0.2) is 25.7 Å². The van der Waals surface area contributed by atoms with Gasteiger partial charge in [-0.1, -0.05) is 40.6 Å². The van der Waals surface area contributed by atoms with Gasteiger partial charge in [0.1, 0.15) is 9.23 Å². The summed E-state index contributed by atoms with van der Waals surface area (Å²) in [5.74, 6) is -2.95. The van der Waals surface area contributed by atoms with E-state index in [0.29, 0.717) is 0 Å². The van der Waals surface area contributed by atoms with Crippen LogP contribution in [0.3, 0.4) is 0 Å². The molecule has 0 unspecified atom stereocenters. The molecule has 3 rings (SSSR count). The summed E-state index contributed by atoms with van der Waals surface area (Å²) in [6.45, 7) is -0.230. The second-order valence-electron chi connectivity index (χ2n) is 6.22. The van der Waals surface area contributed by atoms with Crippen molar-refractivity contribution in [1.82, 2.24) is 10.3 Å². The molecule has 2 aromatic carbocycles. The molecule has 1 heterocycles. The van der Waals surface area contributed by atoms with Gasteiger partial charge in [0.05, 0.1) is 11.2 Å². The molecule has 0 atom stereocenters. The molecule has 2 N–H and O–H groups in total. The molecule has 0 fully saturated rings. The first-order valence-electron chi connectivity index (χ1n) is 8.60. The number of carbonyl (C=O) groups is 1. The second-order valence-corrected chi connectivity index (χ2v) is 9.94. The highest BCUT2D eigenvalue weighted by molar-refractivity contribution is 7.93. The highest BCUT2D eigenvalue weighted by Crippen LogP contribution is 2.29. The Labute approximate surface area is 198 Å². The van der Waals surface area contributed by atoms with Crippen LogP contribution < -0.4 is 14.8 Å². The Balaban J connectivity index is 1.67. The van der Waals surface area contributed by atoms with Gasteiger partial charge >= 0.3 is 6.36 Å². The lowest BCUT2D eigenvalue weighted by atomic mass is 10.2. The van der Waals surface area contributed by atoms with Gasteiger partial charge in [0.15, 0.2) is 16.7 Å². The smallest absolute Gasteiger partial charge is 0.403 e. The maximum Gasteiger partial charge on any atom is 0.573 e. The van der Waals surface area contributed by atoms with Crippen molar-refractivity contribution in [2.45, 2.75) is 17.8 Å². The summed E-state index contributed by atoms with van der Waals surface area (Å²) in [7, 11) is -4.11. The number of nitrogens with zero attached hydrogens (tertiary/aromatic N) is 1. The Hall–Kier alpha value is -2.61. The van der Waals surface area contributed by atoms with Crippen molar-refractivity contribution in [3.63, 3.8) is 0 Å². The number of hydrogen-bond donors (Lipinski definition) is 2. The number of hydrogen-bond acceptors (Lipinski definition) is 6. The van der Waals surface area contributed by atoms with E-state index in [0.717, 1.165) is 41.7 Å². The van der Waals surface area contributed by atoms with Crippen molar-refractivity contribution < 1.29 is 35.5 Å². The Bertz CT molecular complexity index is 1300. The molecular formula is C18H11Cl2F4N3O4S2. The van der Waals surface area contributed by atoms with Crippen molar-refractivity contribution in [3.8, 4) is 5.75 Å².